The smallest absolute Gasteiger partial charge is 0.342 e. The Morgan fingerprint density at radius 3 is 2.03 bits per heavy atom. The number of benzene rings is 2. The zero-order chi connectivity index (χ0) is 24.2. The summed E-state index contributed by atoms with van der Waals surface area (Å²) in [5, 5.41) is 48.0. The van der Waals surface area contributed by atoms with Gasteiger partial charge in [-0.05, 0) is 18.6 Å². The maximum atomic E-state index is 13.3. The maximum absolute atomic E-state index is 13.3. The van der Waals surface area contributed by atoms with Crippen LogP contribution in [0.3, 0.4) is 0 Å². The summed E-state index contributed by atoms with van der Waals surface area (Å²) < 4.78 is 14.9. The minimum absolute atomic E-state index is 0.154. The maximum Gasteiger partial charge on any atom is 0.342 e. The number of methoxy groups -OCH3 is 2. The highest BCUT2D eigenvalue weighted by molar-refractivity contribution is 6.20. The molecule has 2 rings (SSSR count). The zero-order valence-electron chi connectivity index (χ0n) is 17.4. The number of aryl methyl sites for hydroxylation is 1. The number of aliphatic hydroxyl groups excluding tert-OH is 2. The van der Waals surface area contributed by atoms with Gasteiger partial charge in [0.2, 0.25) is 5.78 Å². The van der Waals surface area contributed by atoms with Crippen LogP contribution in [0, 0.1) is 6.92 Å². The molecule has 0 spiro atoms. The topological polar surface area (TPSA) is 180 Å². The van der Waals surface area contributed by atoms with Crippen LogP contribution >= 0.6 is 0 Å². The summed E-state index contributed by atoms with van der Waals surface area (Å²) in [4.78, 5) is 38.3. The Labute approximate surface area is 182 Å². The Bertz CT molecular complexity index is 1040. The van der Waals surface area contributed by atoms with E-state index >= 15 is 0 Å². The Kier molecular flexibility index (Phi) is 7.63. The number of aromatic hydroxyl groups is 3. The van der Waals surface area contributed by atoms with Gasteiger partial charge in [-0.3, -0.25) is 4.79 Å². The van der Waals surface area contributed by atoms with Crippen LogP contribution in [-0.4, -0.2) is 76.8 Å². The quantitative estimate of drug-likeness (QED) is 0.281. The van der Waals surface area contributed by atoms with Crippen LogP contribution in [0.4, 0.5) is 0 Å². The van der Waals surface area contributed by atoms with E-state index in [9.17, 15) is 34.8 Å². The van der Waals surface area contributed by atoms with Crippen LogP contribution in [0.15, 0.2) is 18.2 Å². The van der Waals surface area contributed by atoms with Crippen molar-refractivity contribution < 1.29 is 54.1 Å². The van der Waals surface area contributed by atoms with Crippen molar-refractivity contribution in [2.75, 3.05) is 27.4 Å². The van der Waals surface area contributed by atoms with Gasteiger partial charge in [-0.15, -0.1) is 0 Å². The summed E-state index contributed by atoms with van der Waals surface area (Å²) in [7, 11) is 2.18. The molecule has 172 valence electrons. The average Bonchev–Trinajstić information content (AvgIpc) is 2.74. The molecule has 0 unspecified atom stereocenters. The molecule has 0 saturated heterocycles. The molecule has 0 heterocycles. The first-order valence-electron chi connectivity index (χ1n) is 9.12. The molecule has 0 aliphatic carbocycles. The molecule has 11 nitrogen and oxygen atoms in total. The van der Waals surface area contributed by atoms with Crippen molar-refractivity contribution in [1.29, 1.82) is 0 Å². The number of phenolic OH excluding ortho intramolecular Hbond substituents is 3. The second-order valence-corrected chi connectivity index (χ2v) is 6.64. The zero-order valence-corrected chi connectivity index (χ0v) is 17.4. The molecule has 11 heteroatoms. The standard InChI is InChI=1S/C21H22O11/c1-9-4-12(20(28)31-3)16(18(27)17-13(25)5-10(23)6-14(17)26)19(30-2)15(9)21(29)32-8-11(24)7-22/h4-6,11,22-26H,7-8H2,1-3H3/t11-/m0/s1. The Morgan fingerprint density at radius 1 is 0.938 bits per heavy atom. The molecule has 1 atom stereocenters. The van der Waals surface area contributed by atoms with Crippen molar-refractivity contribution in [1.82, 2.24) is 0 Å². The molecule has 2 aromatic carbocycles. The van der Waals surface area contributed by atoms with Gasteiger partial charge in [0, 0.05) is 12.1 Å². The first-order chi connectivity index (χ1) is 15.1. The summed E-state index contributed by atoms with van der Waals surface area (Å²) >= 11 is 0. The van der Waals surface area contributed by atoms with Crippen LogP contribution in [0.1, 0.15) is 42.2 Å². The lowest BCUT2D eigenvalue weighted by atomic mass is 9.91. The third-order valence-corrected chi connectivity index (χ3v) is 4.45. The van der Waals surface area contributed by atoms with Crippen molar-refractivity contribution >= 4 is 17.7 Å². The van der Waals surface area contributed by atoms with Gasteiger partial charge in [-0.2, -0.15) is 0 Å². The van der Waals surface area contributed by atoms with E-state index in [1.54, 1.807) is 0 Å². The molecule has 0 aliphatic rings. The van der Waals surface area contributed by atoms with Crippen molar-refractivity contribution in [2.45, 2.75) is 13.0 Å². The van der Waals surface area contributed by atoms with Crippen LogP contribution in [0.5, 0.6) is 23.0 Å². The highest BCUT2D eigenvalue weighted by atomic mass is 16.5. The minimum Gasteiger partial charge on any atom is -0.508 e. The largest absolute Gasteiger partial charge is 0.508 e. The molecule has 0 amide bonds. The molecule has 0 bridgehead atoms. The predicted octanol–water partition coefficient (Wildman–Crippen LogP) is 0.648. The number of hydrogen-bond acceptors (Lipinski definition) is 11. The number of aliphatic hydroxyl groups is 2. The molecule has 32 heavy (non-hydrogen) atoms. The summed E-state index contributed by atoms with van der Waals surface area (Å²) in [5.41, 5.74) is -1.63. The molecule has 0 aromatic heterocycles. The Hall–Kier alpha value is -3.83. The summed E-state index contributed by atoms with van der Waals surface area (Å²) in [6.07, 6.45) is -1.34. The van der Waals surface area contributed by atoms with Crippen molar-refractivity contribution in [3.63, 3.8) is 0 Å². The molecule has 0 radical (unpaired) electrons. The SMILES string of the molecule is COC(=O)c1cc(C)c(C(=O)OC[C@@H](O)CO)c(OC)c1C(=O)c1c(O)cc(O)cc1O. The summed E-state index contributed by atoms with van der Waals surface area (Å²) in [5.74, 6) is -5.62. The van der Waals surface area contributed by atoms with Gasteiger partial charge < -0.3 is 39.7 Å². The van der Waals surface area contributed by atoms with E-state index in [0.717, 1.165) is 32.4 Å². The van der Waals surface area contributed by atoms with Gasteiger partial charge in [0.15, 0.2) is 0 Å². The van der Waals surface area contributed by atoms with Gasteiger partial charge in [0.05, 0.1) is 32.0 Å². The van der Waals surface area contributed by atoms with E-state index in [1.165, 1.54) is 6.92 Å². The summed E-state index contributed by atoms with van der Waals surface area (Å²) in [6, 6.07) is 2.77. The molecule has 0 aliphatic heterocycles. The van der Waals surface area contributed by atoms with Gasteiger partial charge >= 0.3 is 11.9 Å². The number of rotatable bonds is 8. The van der Waals surface area contributed by atoms with E-state index in [2.05, 4.69) is 0 Å². The molecular formula is C21H22O11. The van der Waals surface area contributed by atoms with Crippen molar-refractivity contribution in [3.8, 4) is 23.0 Å². The Morgan fingerprint density at radius 2 is 1.53 bits per heavy atom. The number of esters is 2. The number of phenols is 3. The molecule has 0 fully saturated rings. The number of carbonyl (C=O) groups excluding carboxylic acids is 3. The number of carbonyl (C=O) groups is 3. The van der Waals surface area contributed by atoms with E-state index < -0.39 is 71.2 Å². The Balaban J connectivity index is 2.78. The van der Waals surface area contributed by atoms with E-state index in [1.807, 2.05) is 0 Å². The first-order valence-corrected chi connectivity index (χ1v) is 9.12. The number of hydrogen-bond donors (Lipinski definition) is 5. The molecule has 5 N–H and O–H groups in total. The van der Waals surface area contributed by atoms with Gasteiger partial charge in [-0.25, -0.2) is 9.59 Å². The minimum atomic E-state index is -1.34. The van der Waals surface area contributed by atoms with E-state index in [-0.39, 0.29) is 16.7 Å². The van der Waals surface area contributed by atoms with Gasteiger partial charge in [-0.1, -0.05) is 0 Å². The van der Waals surface area contributed by atoms with Crippen LogP contribution in [0.2, 0.25) is 0 Å². The van der Waals surface area contributed by atoms with Crippen molar-refractivity contribution in [2.24, 2.45) is 0 Å². The van der Waals surface area contributed by atoms with E-state index in [4.69, 9.17) is 19.3 Å². The lowest BCUT2D eigenvalue weighted by Gasteiger charge is -2.19. The lowest BCUT2D eigenvalue weighted by Crippen LogP contribution is -2.23. The fourth-order valence-electron chi connectivity index (χ4n) is 2.99. The third-order valence-electron chi connectivity index (χ3n) is 4.45. The number of ether oxygens (including phenoxy) is 3. The highest BCUT2D eigenvalue weighted by Crippen LogP contribution is 2.39. The van der Waals surface area contributed by atoms with Crippen LogP contribution < -0.4 is 4.74 Å². The molecule has 2 aromatic rings. The van der Waals surface area contributed by atoms with Gasteiger partial charge in [0.25, 0.3) is 0 Å². The summed E-state index contributed by atoms with van der Waals surface area (Å²) in [6.45, 7) is 0.213. The third kappa shape index (κ3) is 4.74. The second-order valence-electron chi connectivity index (χ2n) is 6.64. The second kappa shape index (κ2) is 9.98. The first kappa shape index (κ1) is 24.4. The van der Waals surface area contributed by atoms with E-state index in [0.29, 0.717) is 0 Å². The van der Waals surface area contributed by atoms with Gasteiger partial charge in [0.1, 0.15) is 46.8 Å². The lowest BCUT2D eigenvalue weighted by molar-refractivity contribution is 0.00903. The number of ketones is 1. The average molecular weight is 450 g/mol. The normalized spacial score (nSPS) is 11.5. The molecular weight excluding hydrogens is 428 g/mol. The fraction of sp³-hybridized carbons (Fsp3) is 0.286. The fourth-order valence-corrected chi connectivity index (χ4v) is 2.99. The highest BCUT2D eigenvalue weighted by Gasteiger charge is 2.33. The predicted molar refractivity (Wildman–Crippen MR) is 107 cm³/mol. The van der Waals surface area contributed by atoms with Crippen LogP contribution in [-0.2, 0) is 9.47 Å². The molecule has 0 saturated carbocycles. The van der Waals surface area contributed by atoms with Crippen LogP contribution in [0.25, 0.3) is 0 Å². The van der Waals surface area contributed by atoms with Crippen molar-refractivity contribution in [3.05, 3.63) is 46.0 Å². The monoisotopic (exact) mass is 450 g/mol.